The fourth-order valence-electron chi connectivity index (χ4n) is 2.55. The first-order chi connectivity index (χ1) is 9.08. The quantitative estimate of drug-likeness (QED) is 0.901. The lowest BCUT2D eigenvalue weighted by Crippen LogP contribution is -2.23. The summed E-state index contributed by atoms with van der Waals surface area (Å²) in [7, 11) is 0. The van der Waals surface area contributed by atoms with Gasteiger partial charge < -0.3 is 9.84 Å². The van der Waals surface area contributed by atoms with E-state index in [4.69, 9.17) is 4.74 Å². The Kier molecular flexibility index (Phi) is 4.81. The van der Waals surface area contributed by atoms with Gasteiger partial charge in [0, 0.05) is 11.8 Å². The highest BCUT2D eigenvalue weighted by Crippen LogP contribution is 2.27. The van der Waals surface area contributed by atoms with Gasteiger partial charge in [0.1, 0.15) is 6.10 Å². The Morgan fingerprint density at radius 2 is 1.95 bits per heavy atom. The summed E-state index contributed by atoms with van der Waals surface area (Å²) >= 11 is 0. The maximum atomic E-state index is 9.33. The Balaban J connectivity index is 2.08. The molecule has 19 heavy (non-hydrogen) atoms. The Morgan fingerprint density at radius 3 is 2.53 bits per heavy atom. The molecule has 0 amide bonds. The molecular weight excluding hydrogens is 238 g/mol. The number of nitrogens with zero attached hydrogens (tertiary/aromatic N) is 1. The van der Waals surface area contributed by atoms with Crippen LogP contribution in [0.25, 0.3) is 0 Å². The highest BCUT2D eigenvalue weighted by atomic mass is 16.5. The second-order valence-corrected chi connectivity index (χ2v) is 6.05. The molecule has 1 heterocycles. The van der Waals surface area contributed by atoms with Crippen LogP contribution < -0.4 is 4.74 Å². The molecule has 0 spiro atoms. The number of ether oxygens (including phenoxy) is 1. The minimum atomic E-state index is 0.0420. The van der Waals surface area contributed by atoms with Gasteiger partial charge in [-0.25, -0.2) is 4.98 Å². The molecule has 0 bridgehead atoms. The van der Waals surface area contributed by atoms with E-state index in [1.165, 1.54) is 12.8 Å². The molecule has 3 heteroatoms. The van der Waals surface area contributed by atoms with E-state index in [0.717, 1.165) is 30.0 Å². The molecule has 0 aromatic carbocycles. The van der Waals surface area contributed by atoms with E-state index in [1.807, 2.05) is 12.1 Å². The first kappa shape index (κ1) is 14.3. The molecule has 0 atom stereocenters. The molecule has 3 nitrogen and oxygen atoms in total. The monoisotopic (exact) mass is 263 g/mol. The predicted octanol–water partition coefficient (Wildman–Crippen LogP) is 3.65. The Morgan fingerprint density at radius 1 is 1.26 bits per heavy atom. The molecule has 0 unspecified atom stereocenters. The van der Waals surface area contributed by atoms with Crippen LogP contribution in [0.5, 0.6) is 5.88 Å². The molecule has 1 saturated carbocycles. The molecule has 1 N–H and O–H groups in total. The fourth-order valence-corrected chi connectivity index (χ4v) is 2.55. The zero-order valence-corrected chi connectivity index (χ0v) is 12.2. The van der Waals surface area contributed by atoms with Crippen LogP contribution in [-0.4, -0.2) is 16.2 Å². The third kappa shape index (κ3) is 3.93. The number of hydrogen-bond acceptors (Lipinski definition) is 3. The number of hydrogen-bond donors (Lipinski definition) is 1. The molecule has 2 rings (SSSR count). The minimum Gasteiger partial charge on any atom is -0.474 e. The Labute approximate surface area is 116 Å². The molecule has 0 saturated heterocycles. The van der Waals surface area contributed by atoms with E-state index >= 15 is 0 Å². The van der Waals surface area contributed by atoms with Crippen LogP contribution in [0.1, 0.15) is 63.6 Å². The lowest BCUT2D eigenvalue weighted by molar-refractivity contribution is 0.129. The zero-order valence-electron chi connectivity index (χ0n) is 12.2. The number of aliphatic hydroxyl groups is 1. The second-order valence-electron chi connectivity index (χ2n) is 6.05. The van der Waals surface area contributed by atoms with Gasteiger partial charge in [-0.15, -0.1) is 0 Å². The first-order valence-electron chi connectivity index (χ1n) is 7.37. The van der Waals surface area contributed by atoms with Crippen molar-refractivity contribution in [1.29, 1.82) is 0 Å². The topological polar surface area (TPSA) is 42.4 Å². The van der Waals surface area contributed by atoms with E-state index in [2.05, 4.69) is 25.8 Å². The van der Waals surface area contributed by atoms with Gasteiger partial charge in [-0.3, -0.25) is 0 Å². The van der Waals surface area contributed by atoms with Crippen molar-refractivity contribution in [3.8, 4) is 5.88 Å². The first-order valence-corrected chi connectivity index (χ1v) is 7.37. The smallest absolute Gasteiger partial charge is 0.214 e. The van der Waals surface area contributed by atoms with Gasteiger partial charge in [-0.2, -0.15) is 0 Å². The van der Waals surface area contributed by atoms with Gasteiger partial charge in [-0.05, 0) is 49.1 Å². The van der Waals surface area contributed by atoms with Gasteiger partial charge >= 0.3 is 0 Å². The molecule has 106 valence electrons. The van der Waals surface area contributed by atoms with Crippen LogP contribution in [-0.2, 0) is 6.61 Å². The van der Waals surface area contributed by atoms with Crippen LogP contribution in [0.4, 0.5) is 0 Å². The average molecular weight is 263 g/mol. The summed E-state index contributed by atoms with van der Waals surface area (Å²) in [5.41, 5.74) is 1.88. The van der Waals surface area contributed by atoms with E-state index in [9.17, 15) is 5.11 Å². The van der Waals surface area contributed by atoms with Crippen LogP contribution in [0.3, 0.4) is 0 Å². The van der Waals surface area contributed by atoms with Gasteiger partial charge in [0.15, 0.2) is 0 Å². The molecule has 1 aliphatic carbocycles. The van der Waals surface area contributed by atoms with Crippen molar-refractivity contribution in [3.63, 3.8) is 0 Å². The minimum absolute atomic E-state index is 0.0420. The number of aliphatic hydroxyl groups excluding tert-OH is 1. The van der Waals surface area contributed by atoms with Crippen LogP contribution >= 0.6 is 0 Å². The molecular formula is C16H25NO2. The maximum Gasteiger partial charge on any atom is 0.214 e. The summed E-state index contributed by atoms with van der Waals surface area (Å²) in [5, 5.41) is 9.33. The molecule has 1 fully saturated rings. The van der Waals surface area contributed by atoms with Gasteiger partial charge in [-0.1, -0.05) is 20.8 Å². The molecule has 1 aliphatic rings. The van der Waals surface area contributed by atoms with Crippen molar-refractivity contribution in [1.82, 2.24) is 4.98 Å². The average Bonchev–Trinajstić information content (AvgIpc) is 2.41. The third-order valence-corrected chi connectivity index (χ3v) is 3.91. The van der Waals surface area contributed by atoms with Crippen molar-refractivity contribution in [3.05, 3.63) is 23.4 Å². The fraction of sp³-hybridized carbons (Fsp3) is 0.688. The summed E-state index contributed by atoms with van der Waals surface area (Å²) in [6, 6.07) is 3.82. The van der Waals surface area contributed by atoms with Crippen molar-refractivity contribution in [2.45, 2.75) is 65.1 Å². The van der Waals surface area contributed by atoms with Crippen molar-refractivity contribution in [2.75, 3.05) is 0 Å². The molecule has 0 aliphatic heterocycles. The number of aromatic nitrogens is 1. The summed E-state index contributed by atoms with van der Waals surface area (Å²) in [6.45, 7) is 6.56. The van der Waals surface area contributed by atoms with Crippen LogP contribution in [0, 0.1) is 5.92 Å². The van der Waals surface area contributed by atoms with E-state index in [-0.39, 0.29) is 12.7 Å². The highest BCUT2D eigenvalue weighted by molar-refractivity contribution is 5.26. The SMILES string of the molecule is CC1CCC(Oc2cc(CO)cc(C(C)C)n2)CC1. The summed E-state index contributed by atoms with van der Waals surface area (Å²) in [5.74, 6) is 1.85. The standard InChI is InChI=1S/C16H25NO2/c1-11(2)15-8-13(10-18)9-16(17-15)19-14-6-4-12(3)5-7-14/h8-9,11-12,14,18H,4-7,10H2,1-3H3. The lowest BCUT2D eigenvalue weighted by atomic mass is 9.89. The molecule has 1 aromatic heterocycles. The summed E-state index contributed by atoms with van der Waals surface area (Å²) < 4.78 is 6.01. The molecule has 1 aromatic rings. The Hall–Kier alpha value is -1.09. The summed E-state index contributed by atoms with van der Waals surface area (Å²) in [6.07, 6.45) is 4.99. The highest BCUT2D eigenvalue weighted by Gasteiger charge is 2.20. The van der Waals surface area contributed by atoms with E-state index in [0.29, 0.717) is 11.8 Å². The normalized spacial score (nSPS) is 23.6. The van der Waals surface area contributed by atoms with Gasteiger partial charge in [0.25, 0.3) is 0 Å². The summed E-state index contributed by atoms with van der Waals surface area (Å²) in [4.78, 5) is 4.56. The zero-order chi connectivity index (χ0) is 13.8. The van der Waals surface area contributed by atoms with E-state index in [1.54, 1.807) is 0 Å². The van der Waals surface area contributed by atoms with E-state index < -0.39 is 0 Å². The lowest BCUT2D eigenvalue weighted by Gasteiger charge is -2.26. The van der Waals surface area contributed by atoms with Crippen molar-refractivity contribution < 1.29 is 9.84 Å². The second kappa shape index (κ2) is 6.38. The third-order valence-electron chi connectivity index (χ3n) is 3.91. The maximum absolute atomic E-state index is 9.33. The predicted molar refractivity (Wildman–Crippen MR) is 76.3 cm³/mol. The largest absolute Gasteiger partial charge is 0.474 e. The van der Waals surface area contributed by atoms with Crippen LogP contribution in [0.15, 0.2) is 12.1 Å². The van der Waals surface area contributed by atoms with Crippen molar-refractivity contribution in [2.24, 2.45) is 5.92 Å². The number of rotatable bonds is 4. The van der Waals surface area contributed by atoms with Gasteiger partial charge in [0.2, 0.25) is 5.88 Å². The van der Waals surface area contributed by atoms with Crippen LogP contribution in [0.2, 0.25) is 0 Å². The van der Waals surface area contributed by atoms with Crippen molar-refractivity contribution >= 4 is 0 Å². The Bertz CT molecular complexity index is 409. The van der Waals surface area contributed by atoms with Gasteiger partial charge in [0.05, 0.1) is 6.61 Å². The molecule has 0 radical (unpaired) electrons. The number of pyridine rings is 1.